The second-order valence-electron chi connectivity index (χ2n) is 3.73. The van der Waals surface area contributed by atoms with Crippen LogP contribution in [0.4, 0.5) is 26.3 Å². The average Bonchev–Trinajstić information content (AvgIpc) is 2.26. The average molecular weight is 220 g/mol. The van der Waals surface area contributed by atoms with E-state index in [2.05, 4.69) is 0 Å². The highest BCUT2D eigenvalue weighted by molar-refractivity contribution is 4.89. The minimum absolute atomic E-state index is 0.408. The summed E-state index contributed by atoms with van der Waals surface area (Å²) >= 11 is 0. The molecule has 1 saturated carbocycles. The Kier molecular flexibility index (Phi) is 2.75. The lowest BCUT2D eigenvalue weighted by Crippen LogP contribution is -2.32. The van der Waals surface area contributed by atoms with E-state index in [0.29, 0.717) is 0 Å². The molecule has 0 N–H and O–H groups in total. The van der Waals surface area contributed by atoms with E-state index in [1.807, 2.05) is 0 Å². The molecule has 0 spiro atoms. The maximum absolute atomic E-state index is 12.2. The first-order chi connectivity index (χ1) is 6.14. The van der Waals surface area contributed by atoms with Gasteiger partial charge in [-0.3, -0.25) is 0 Å². The van der Waals surface area contributed by atoms with Gasteiger partial charge >= 0.3 is 12.4 Å². The molecule has 0 aromatic heterocycles. The monoisotopic (exact) mass is 220 g/mol. The molecule has 0 aromatic carbocycles. The van der Waals surface area contributed by atoms with Gasteiger partial charge in [-0.1, -0.05) is 6.92 Å². The topological polar surface area (TPSA) is 0 Å². The molecule has 0 radical (unpaired) electrons. The SMILES string of the molecule is CC1C(C(F)(F)F)CCC1C(F)(F)F. The van der Waals surface area contributed by atoms with Gasteiger partial charge in [0.1, 0.15) is 0 Å². The number of alkyl halides is 6. The van der Waals surface area contributed by atoms with Crippen molar-refractivity contribution in [3.63, 3.8) is 0 Å². The van der Waals surface area contributed by atoms with Crippen LogP contribution >= 0.6 is 0 Å². The highest BCUT2D eigenvalue weighted by Gasteiger charge is 2.56. The van der Waals surface area contributed by atoms with Gasteiger partial charge in [-0.15, -0.1) is 0 Å². The third kappa shape index (κ3) is 2.15. The summed E-state index contributed by atoms with van der Waals surface area (Å²) in [5.41, 5.74) is 0. The standard InChI is InChI=1S/C8H10F6/c1-4-5(7(9,10)11)2-3-6(4)8(12,13)14/h4-6H,2-3H2,1H3. The minimum Gasteiger partial charge on any atom is -0.171 e. The van der Waals surface area contributed by atoms with Crippen LogP contribution in [0, 0.1) is 17.8 Å². The van der Waals surface area contributed by atoms with E-state index in [-0.39, 0.29) is 0 Å². The molecule has 0 heterocycles. The van der Waals surface area contributed by atoms with Crippen LogP contribution in [0.3, 0.4) is 0 Å². The maximum atomic E-state index is 12.2. The quantitative estimate of drug-likeness (QED) is 0.545. The zero-order valence-corrected chi connectivity index (χ0v) is 7.41. The number of rotatable bonds is 0. The van der Waals surface area contributed by atoms with Gasteiger partial charge in [-0.25, -0.2) is 0 Å². The molecule has 0 aliphatic heterocycles. The van der Waals surface area contributed by atoms with Crippen molar-refractivity contribution >= 4 is 0 Å². The molecule has 1 aliphatic carbocycles. The van der Waals surface area contributed by atoms with E-state index < -0.39 is 42.9 Å². The molecule has 6 heteroatoms. The summed E-state index contributed by atoms with van der Waals surface area (Å²) in [6, 6.07) is 0. The Morgan fingerprint density at radius 1 is 0.786 bits per heavy atom. The van der Waals surface area contributed by atoms with E-state index in [0.717, 1.165) is 6.92 Å². The van der Waals surface area contributed by atoms with Crippen molar-refractivity contribution in [2.24, 2.45) is 17.8 Å². The van der Waals surface area contributed by atoms with Crippen LogP contribution in [0.15, 0.2) is 0 Å². The van der Waals surface area contributed by atoms with Crippen LogP contribution in [-0.4, -0.2) is 12.4 Å². The predicted molar refractivity (Wildman–Crippen MR) is 37.5 cm³/mol. The van der Waals surface area contributed by atoms with Crippen molar-refractivity contribution in [3.05, 3.63) is 0 Å². The second kappa shape index (κ2) is 3.31. The van der Waals surface area contributed by atoms with Crippen LogP contribution in [0.2, 0.25) is 0 Å². The van der Waals surface area contributed by atoms with Gasteiger partial charge < -0.3 is 0 Å². The van der Waals surface area contributed by atoms with Gasteiger partial charge in [0.25, 0.3) is 0 Å². The summed E-state index contributed by atoms with van der Waals surface area (Å²) < 4.78 is 73.2. The van der Waals surface area contributed by atoms with E-state index in [4.69, 9.17) is 0 Å². The van der Waals surface area contributed by atoms with Gasteiger partial charge in [0.05, 0.1) is 11.8 Å². The lowest BCUT2D eigenvalue weighted by atomic mass is 9.90. The van der Waals surface area contributed by atoms with E-state index in [1.165, 1.54) is 0 Å². The van der Waals surface area contributed by atoms with Gasteiger partial charge in [-0.05, 0) is 18.8 Å². The van der Waals surface area contributed by atoms with Gasteiger partial charge in [0.2, 0.25) is 0 Å². The molecule has 1 aliphatic rings. The first-order valence-electron chi connectivity index (χ1n) is 4.27. The fourth-order valence-corrected chi connectivity index (χ4v) is 2.09. The lowest BCUT2D eigenvalue weighted by Gasteiger charge is -2.24. The fraction of sp³-hybridized carbons (Fsp3) is 1.00. The second-order valence-corrected chi connectivity index (χ2v) is 3.73. The Balaban J connectivity index is 2.75. The molecule has 1 fully saturated rings. The largest absolute Gasteiger partial charge is 0.392 e. The van der Waals surface area contributed by atoms with E-state index in [9.17, 15) is 26.3 Å². The van der Waals surface area contributed by atoms with Crippen molar-refractivity contribution < 1.29 is 26.3 Å². The van der Waals surface area contributed by atoms with E-state index >= 15 is 0 Å². The molecule has 84 valence electrons. The molecule has 0 aromatic rings. The van der Waals surface area contributed by atoms with Gasteiger partial charge in [-0.2, -0.15) is 26.3 Å². The van der Waals surface area contributed by atoms with Crippen molar-refractivity contribution in [1.29, 1.82) is 0 Å². The van der Waals surface area contributed by atoms with E-state index in [1.54, 1.807) is 0 Å². The summed E-state index contributed by atoms with van der Waals surface area (Å²) in [6.07, 6.45) is -9.82. The molecule has 0 bridgehead atoms. The van der Waals surface area contributed by atoms with Crippen molar-refractivity contribution in [2.45, 2.75) is 32.1 Å². The summed E-state index contributed by atoms with van der Waals surface area (Å²) in [5, 5.41) is 0. The maximum Gasteiger partial charge on any atom is 0.392 e. The first kappa shape index (κ1) is 11.7. The van der Waals surface area contributed by atoms with Gasteiger partial charge in [0.15, 0.2) is 0 Å². The predicted octanol–water partition coefficient (Wildman–Crippen LogP) is 3.77. The number of hydrogen-bond donors (Lipinski definition) is 0. The Hall–Kier alpha value is -0.420. The Bertz CT molecular complexity index is 181. The smallest absolute Gasteiger partial charge is 0.171 e. The summed E-state index contributed by atoms with van der Waals surface area (Å²) in [6.45, 7) is 1.03. The van der Waals surface area contributed by atoms with Crippen molar-refractivity contribution in [2.75, 3.05) is 0 Å². The van der Waals surface area contributed by atoms with Crippen LogP contribution in [0.25, 0.3) is 0 Å². The highest BCUT2D eigenvalue weighted by atomic mass is 19.4. The van der Waals surface area contributed by atoms with Gasteiger partial charge in [0, 0.05) is 0 Å². The zero-order valence-electron chi connectivity index (χ0n) is 7.41. The van der Waals surface area contributed by atoms with Crippen LogP contribution in [-0.2, 0) is 0 Å². The zero-order chi connectivity index (χ0) is 11.1. The van der Waals surface area contributed by atoms with Crippen LogP contribution < -0.4 is 0 Å². The summed E-state index contributed by atoms with van der Waals surface area (Å²) in [4.78, 5) is 0. The number of halogens is 6. The molecule has 2 atom stereocenters. The first-order valence-corrected chi connectivity index (χ1v) is 4.27. The third-order valence-electron chi connectivity index (χ3n) is 2.90. The highest BCUT2D eigenvalue weighted by Crippen LogP contribution is 2.51. The number of hydrogen-bond acceptors (Lipinski definition) is 0. The Morgan fingerprint density at radius 2 is 1.07 bits per heavy atom. The minimum atomic E-state index is -4.50. The molecule has 14 heavy (non-hydrogen) atoms. The lowest BCUT2D eigenvalue weighted by molar-refractivity contribution is -0.209. The molecule has 0 nitrogen and oxygen atoms in total. The summed E-state index contributed by atoms with van der Waals surface area (Å²) in [7, 11) is 0. The molecule has 2 unspecified atom stereocenters. The van der Waals surface area contributed by atoms with Crippen LogP contribution in [0.5, 0.6) is 0 Å². The van der Waals surface area contributed by atoms with Crippen molar-refractivity contribution in [1.82, 2.24) is 0 Å². The fourth-order valence-electron chi connectivity index (χ4n) is 2.09. The molecule has 0 amide bonds. The van der Waals surface area contributed by atoms with Crippen molar-refractivity contribution in [3.8, 4) is 0 Å². The summed E-state index contributed by atoms with van der Waals surface area (Å²) in [5.74, 6) is -4.95. The molecule has 1 rings (SSSR count). The normalized spacial score (nSPS) is 34.9. The third-order valence-corrected chi connectivity index (χ3v) is 2.90. The van der Waals surface area contributed by atoms with Crippen LogP contribution in [0.1, 0.15) is 19.8 Å². The molecule has 0 saturated heterocycles. The molecular weight excluding hydrogens is 210 g/mol. The Morgan fingerprint density at radius 3 is 1.21 bits per heavy atom. The molecular formula is C8H10F6. The Labute approximate surface area is 77.3 Å².